The Morgan fingerprint density at radius 1 is 0.972 bits per heavy atom. The molecule has 1 aliphatic carbocycles. The molecule has 9 heteroatoms. The maximum absolute atomic E-state index is 13.2. The lowest BCUT2D eigenvalue weighted by atomic mass is 9.85. The summed E-state index contributed by atoms with van der Waals surface area (Å²) in [4.78, 5) is 53.1. The van der Waals surface area contributed by atoms with Crippen LogP contribution in [0.5, 0.6) is 11.5 Å². The average Bonchev–Trinajstić information content (AvgIpc) is 3.16. The molecule has 0 bridgehead atoms. The number of carbonyl (C=O) groups excluding carboxylic acids is 4. The molecule has 0 spiro atoms. The number of hydrogen-bond acceptors (Lipinski definition) is 7. The first kappa shape index (κ1) is 25.0. The highest BCUT2D eigenvalue weighted by molar-refractivity contribution is 6.08. The molecule has 0 saturated carbocycles. The van der Waals surface area contributed by atoms with Crippen molar-refractivity contribution in [3.8, 4) is 11.5 Å². The van der Waals surface area contributed by atoms with Crippen LogP contribution in [0, 0.1) is 11.8 Å². The number of imide groups is 1. The van der Waals surface area contributed by atoms with Crippen molar-refractivity contribution in [2.45, 2.75) is 25.3 Å². The predicted molar refractivity (Wildman–Crippen MR) is 130 cm³/mol. The minimum Gasteiger partial charge on any atom is -0.497 e. The first-order chi connectivity index (χ1) is 17.4. The van der Waals surface area contributed by atoms with Crippen molar-refractivity contribution in [3.63, 3.8) is 0 Å². The van der Waals surface area contributed by atoms with E-state index in [4.69, 9.17) is 14.2 Å². The summed E-state index contributed by atoms with van der Waals surface area (Å²) in [7, 11) is 2.96. The number of benzene rings is 2. The van der Waals surface area contributed by atoms with Crippen LogP contribution >= 0.6 is 0 Å². The quantitative estimate of drug-likeness (QED) is 0.326. The highest BCUT2D eigenvalue weighted by Crippen LogP contribution is 2.37. The monoisotopic (exact) mass is 492 g/mol. The molecule has 1 heterocycles. The Labute approximate surface area is 209 Å². The second kappa shape index (κ2) is 11.1. The number of likely N-dealkylation sites (tertiary alicyclic amines) is 1. The van der Waals surface area contributed by atoms with Gasteiger partial charge in [-0.3, -0.25) is 19.3 Å². The van der Waals surface area contributed by atoms with Crippen molar-refractivity contribution in [2.75, 3.05) is 26.1 Å². The molecule has 2 aliphatic rings. The van der Waals surface area contributed by atoms with E-state index in [9.17, 15) is 19.2 Å². The van der Waals surface area contributed by atoms with Crippen LogP contribution in [0.1, 0.15) is 18.4 Å². The van der Waals surface area contributed by atoms with E-state index < -0.39 is 36.4 Å². The van der Waals surface area contributed by atoms with Crippen LogP contribution < -0.4 is 14.8 Å². The third-order valence-corrected chi connectivity index (χ3v) is 6.42. The van der Waals surface area contributed by atoms with Crippen molar-refractivity contribution in [1.29, 1.82) is 0 Å². The van der Waals surface area contributed by atoms with Gasteiger partial charge in [-0.25, -0.2) is 4.79 Å². The zero-order chi connectivity index (χ0) is 25.7. The van der Waals surface area contributed by atoms with Gasteiger partial charge in [-0.05, 0) is 30.5 Å². The smallest absolute Gasteiger partial charge is 0.330 e. The molecule has 9 nitrogen and oxygen atoms in total. The van der Waals surface area contributed by atoms with E-state index in [1.165, 1.54) is 14.2 Å². The van der Waals surface area contributed by atoms with E-state index in [0.717, 1.165) is 10.5 Å². The van der Waals surface area contributed by atoms with Crippen molar-refractivity contribution in [3.05, 3.63) is 66.2 Å². The number of hydrogen-bond donors (Lipinski definition) is 1. The number of esters is 1. The average molecular weight is 493 g/mol. The molecule has 0 radical (unpaired) electrons. The van der Waals surface area contributed by atoms with Crippen LogP contribution in [0.4, 0.5) is 5.69 Å². The molecule has 3 amide bonds. The minimum atomic E-state index is -1.17. The van der Waals surface area contributed by atoms with Gasteiger partial charge in [0.25, 0.3) is 5.91 Å². The van der Waals surface area contributed by atoms with Crippen molar-refractivity contribution >= 4 is 29.4 Å². The molecule has 1 saturated heterocycles. The van der Waals surface area contributed by atoms with E-state index in [2.05, 4.69) is 5.32 Å². The topological polar surface area (TPSA) is 111 Å². The second-order valence-corrected chi connectivity index (χ2v) is 8.63. The van der Waals surface area contributed by atoms with E-state index in [0.29, 0.717) is 30.0 Å². The van der Waals surface area contributed by atoms with Crippen molar-refractivity contribution < 1.29 is 33.4 Å². The lowest BCUT2D eigenvalue weighted by Crippen LogP contribution is -2.48. The molecule has 0 unspecified atom stereocenters. The molecule has 36 heavy (non-hydrogen) atoms. The molecule has 2 aromatic rings. The number of rotatable bonds is 9. The van der Waals surface area contributed by atoms with Gasteiger partial charge in [0.2, 0.25) is 11.8 Å². The molecule has 4 rings (SSSR count). The molecule has 188 valence electrons. The largest absolute Gasteiger partial charge is 0.497 e. The number of allylic oxidation sites excluding steroid dienone is 2. The maximum atomic E-state index is 13.2. The lowest BCUT2D eigenvalue weighted by molar-refractivity contribution is -0.160. The summed E-state index contributed by atoms with van der Waals surface area (Å²) in [6, 6.07) is 12.8. The van der Waals surface area contributed by atoms with E-state index >= 15 is 0 Å². The molecule has 3 atom stereocenters. The molecular weight excluding hydrogens is 464 g/mol. The molecule has 1 fully saturated rings. The molecular formula is C27H28N2O7. The summed E-state index contributed by atoms with van der Waals surface area (Å²) < 4.78 is 15.7. The lowest BCUT2D eigenvalue weighted by Gasteiger charge is -2.25. The van der Waals surface area contributed by atoms with Gasteiger partial charge in [-0.1, -0.05) is 42.5 Å². The number of methoxy groups -OCH3 is 2. The van der Waals surface area contributed by atoms with Gasteiger partial charge >= 0.3 is 5.97 Å². The molecule has 0 aromatic heterocycles. The third kappa shape index (κ3) is 5.25. The highest BCUT2D eigenvalue weighted by atomic mass is 16.5. The normalized spacial score (nSPS) is 19.4. The minimum absolute atomic E-state index is 0.0926. The van der Waals surface area contributed by atoms with Crippen LogP contribution in [0.2, 0.25) is 0 Å². The fourth-order valence-electron chi connectivity index (χ4n) is 4.58. The van der Waals surface area contributed by atoms with Gasteiger partial charge in [0.05, 0.1) is 31.7 Å². The van der Waals surface area contributed by atoms with Crippen LogP contribution in [-0.2, 0) is 30.3 Å². The summed E-state index contributed by atoms with van der Waals surface area (Å²) in [6.07, 6.45) is 4.79. The molecule has 1 aliphatic heterocycles. The molecule has 2 aromatic carbocycles. The Bertz CT molecular complexity index is 1150. The zero-order valence-corrected chi connectivity index (χ0v) is 20.1. The summed E-state index contributed by atoms with van der Waals surface area (Å²) in [5.74, 6) is -2.22. The van der Waals surface area contributed by atoms with Gasteiger partial charge in [-0.2, -0.15) is 0 Å². The van der Waals surface area contributed by atoms with Crippen LogP contribution in [0.15, 0.2) is 60.7 Å². The van der Waals surface area contributed by atoms with Crippen LogP contribution in [0.3, 0.4) is 0 Å². The number of fused-ring (bicyclic) bond motifs is 1. The fourth-order valence-corrected chi connectivity index (χ4v) is 4.58. The van der Waals surface area contributed by atoms with Gasteiger partial charge in [0.1, 0.15) is 17.5 Å². The van der Waals surface area contributed by atoms with Gasteiger partial charge in [-0.15, -0.1) is 0 Å². The summed E-state index contributed by atoms with van der Waals surface area (Å²) >= 11 is 0. The second-order valence-electron chi connectivity index (χ2n) is 8.63. The summed E-state index contributed by atoms with van der Waals surface area (Å²) in [5.41, 5.74) is 1.11. The van der Waals surface area contributed by atoms with Crippen molar-refractivity contribution in [1.82, 2.24) is 4.90 Å². The Kier molecular flexibility index (Phi) is 7.68. The first-order valence-corrected chi connectivity index (χ1v) is 11.7. The number of anilines is 1. The highest BCUT2D eigenvalue weighted by Gasteiger charge is 2.51. The Morgan fingerprint density at radius 3 is 2.25 bits per heavy atom. The Balaban J connectivity index is 1.49. The SMILES string of the molecule is COc1ccc(OC)c(NC(=O)COC(=O)[C@H](Cc2ccccc2)N2C(=O)[C@H]3CC=CC[C@H]3C2=O)c1. The number of carbonyl (C=O) groups is 4. The number of ether oxygens (including phenoxy) is 3. The summed E-state index contributed by atoms with van der Waals surface area (Å²) in [6.45, 7) is -0.602. The summed E-state index contributed by atoms with van der Waals surface area (Å²) in [5, 5.41) is 2.63. The maximum Gasteiger partial charge on any atom is 0.330 e. The fraction of sp³-hybridized carbons (Fsp3) is 0.333. The Morgan fingerprint density at radius 2 is 1.64 bits per heavy atom. The van der Waals surface area contributed by atoms with Gasteiger partial charge in [0, 0.05) is 12.5 Å². The van der Waals surface area contributed by atoms with E-state index in [1.54, 1.807) is 18.2 Å². The van der Waals surface area contributed by atoms with Crippen LogP contribution in [0.25, 0.3) is 0 Å². The van der Waals surface area contributed by atoms with E-state index in [-0.39, 0.29) is 18.2 Å². The predicted octanol–water partition coefficient (Wildman–Crippen LogP) is 2.75. The van der Waals surface area contributed by atoms with E-state index in [1.807, 2.05) is 42.5 Å². The standard InChI is InChI=1S/C27H28N2O7/c1-34-18-12-13-23(35-2)21(15-18)28-24(30)16-36-27(33)22(14-17-8-4-3-5-9-17)29-25(31)19-10-6-7-11-20(19)26(29)32/h3-9,12-13,15,19-20,22H,10-11,14,16H2,1-2H3,(H,28,30)/t19-,20+,22-/m0/s1. The van der Waals surface area contributed by atoms with Crippen LogP contribution in [-0.4, -0.2) is 55.5 Å². The van der Waals surface area contributed by atoms with Gasteiger partial charge < -0.3 is 19.5 Å². The molecule has 1 N–H and O–H groups in total. The van der Waals surface area contributed by atoms with Gasteiger partial charge in [0.15, 0.2) is 6.61 Å². The number of nitrogens with one attached hydrogen (secondary N) is 1. The number of amides is 3. The first-order valence-electron chi connectivity index (χ1n) is 11.7. The Hall–Kier alpha value is -4.14. The van der Waals surface area contributed by atoms with Crippen molar-refractivity contribution in [2.24, 2.45) is 11.8 Å². The zero-order valence-electron chi connectivity index (χ0n) is 20.1. The third-order valence-electron chi connectivity index (χ3n) is 6.42. The number of nitrogens with zero attached hydrogens (tertiary/aromatic N) is 1.